The van der Waals surface area contributed by atoms with Gasteiger partial charge in [0.1, 0.15) is 17.4 Å². The first-order valence-corrected chi connectivity index (χ1v) is 7.45. The molecule has 0 aliphatic carbocycles. The molecular formula is C12H12N4O2S2. The summed E-state index contributed by atoms with van der Waals surface area (Å²) in [6.45, 7) is 3.53. The maximum atomic E-state index is 11.8. The van der Waals surface area contributed by atoms with Crippen LogP contribution in [0.25, 0.3) is 0 Å². The Labute approximate surface area is 124 Å². The smallest absolute Gasteiger partial charge is 0.237 e. The lowest BCUT2D eigenvalue weighted by Gasteiger charge is -2.01. The zero-order chi connectivity index (χ0) is 14.7. The van der Waals surface area contributed by atoms with Gasteiger partial charge in [0.2, 0.25) is 11.8 Å². The Morgan fingerprint density at radius 1 is 1.65 bits per heavy atom. The fourth-order valence-electron chi connectivity index (χ4n) is 1.49. The lowest BCUT2D eigenvalue weighted by molar-refractivity contribution is -0.113. The number of nitrogens with zero attached hydrogens (tertiary/aromatic N) is 2. The van der Waals surface area contributed by atoms with E-state index in [4.69, 9.17) is 15.4 Å². The largest absolute Gasteiger partial charge is 0.444 e. The van der Waals surface area contributed by atoms with Crippen molar-refractivity contribution in [2.75, 3.05) is 16.8 Å². The van der Waals surface area contributed by atoms with Crippen molar-refractivity contribution in [3.8, 4) is 6.07 Å². The van der Waals surface area contributed by atoms with Crippen LogP contribution in [0, 0.1) is 25.2 Å². The molecule has 0 atom stereocenters. The Kier molecular flexibility index (Phi) is 4.32. The van der Waals surface area contributed by atoms with Crippen LogP contribution in [0.3, 0.4) is 0 Å². The highest BCUT2D eigenvalue weighted by Gasteiger charge is 2.16. The Morgan fingerprint density at radius 2 is 2.40 bits per heavy atom. The van der Waals surface area contributed by atoms with E-state index < -0.39 is 0 Å². The average Bonchev–Trinajstić information content (AvgIpc) is 2.92. The fraction of sp³-hybridized carbons (Fsp3) is 0.250. The quantitative estimate of drug-likeness (QED) is 0.841. The van der Waals surface area contributed by atoms with E-state index in [9.17, 15) is 4.79 Å². The van der Waals surface area contributed by atoms with Crippen LogP contribution in [0.1, 0.15) is 16.9 Å². The van der Waals surface area contributed by atoms with E-state index in [-0.39, 0.29) is 17.5 Å². The SMILES string of the molecule is Cc1oc(NC(=O)CSc2cnc(N)s2)c(C#N)c1C. The molecule has 0 fully saturated rings. The molecule has 0 aromatic carbocycles. The molecule has 2 aromatic heterocycles. The van der Waals surface area contributed by atoms with Crippen molar-refractivity contribution < 1.29 is 9.21 Å². The topological polar surface area (TPSA) is 105 Å². The molecule has 0 aliphatic heterocycles. The summed E-state index contributed by atoms with van der Waals surface area (Å²) in [7, 11) is 0. The van der Waals surface area contributed by atoms with Gasteiger partial charge in [-0.2, -0.15) is 5.26 Å². The Bertz CT molecular complexity index is 684. The first kappa shape index (κ1) is 14.4. The second-order valence-electron chi connectivity index (χ2n) is 3.95. The van der Waals surface area contributed by atoms with Gasteiger partial charge in [-0.25, -0.2) is 4.98 Å². The number of carbonyl (C=O) groups is 1. The summed E-state index contributed by atoms with van der Waals surface area (Å²) in [4.78, 5) is 15.7. The van der Waals surface area contributed by atoms with E-state index in [2.05, 4.69) is 10.3 Å². The van der Waals surface area contributed by atoms with Crippen molar-refractivity contribution in [2.24, 2.45) is 0 Å². The van der Waals surface area contributed by atoms with Gasteiger partial charge in [0.25, 0.3) is 0 Å². The van der Waals surface area contributed by atoms with Crippen LogP contribution in [0.15, 0.2) is 14.8 Å². The number of nitrogen functional groups attached to an aromatic ring is 1. The predicted molar refractivity (Wildman–Crippen MR) is 78.8 cm³/mol. The zero-order valence-corrected chi connectivity index (χ0v) is 12.5. The maximum Gasteiger partial charge on any atom is 0.237 e. The number of rotatable bonds is 4. The summed E-state index contributed by atoms with van der Waals surface area (Å²) in [5, 5.41) is 12.1. The van der Waals surface area contributed by atoms with Gasteiger partial charge in [-0.05, 0) is 13.8 Å². The van der Waals surface area contributed by atoms with Gasteiger partial charge in [0.05, 0.1) is 16.2 Å². The van der Waals surface area contributed by atoms with Gasteiger partial charge in [0.15, 0.2) is 5.13 Å². The maximum absolute atomic E-state index is 11.8. The number of nitrogens with one attached hydrogen (secondary N) is 1. The first-order valence-electron chi connectivity index (χ1n) is 5.65. The normalized spacial score (nSPS) is 10.2. The van der Waals surface area contributed by atoms with Crippen molar-refractivity contribution in [3.05, 3.63) is 23.1 Å². The average molecular weight is 308 g/mol. The molecule has 0 saturated carbocycles. The Balaban J connectivity index is 1.98. The van der Waals surface area contributed by atoms with Crippen molar-refractivity contribution in [3.63, 3.8) is 0 Å². The zero-order valence-electron chi connectivity index (χ0n) is 10.9. The summed E-state index contributed by atoms with van der Waals surface area (Å²) >= 11 is 2.66. The Morgan fingerprint density at radius 3 is 3.00 bits per heavy atom. The van der Waals surface area contributed by atoms with E-state index >= 15 is 0 Å². The second kappa shape index (κ2) is 5.98. The molecular weight excluding hydrogens is 296 g/mol. The third kappa shape index (κ3) is 3.12. The summed E-state index contributed by atoms with van der Waals surface area (Å²) in [6, 6.07) is 2.03. The summed E-state index contributed by atoms with van der Waals surface area (Å²) in [5.41, 5.74) is 6.61. The first-order chi connectivity index (χ1) is 9.51. The molecule has 20 heavy (non-hydrogen) atoms. The van der Waals surface area contributed by atoms with Crippen LogP contribution in [0.4, 0.5) is 11.0 Å². The summed E-state index contributed by atoms with van der Waals surface area (Å²) in [6.07, 6.45) is 1.62. The molecule has 2 aromatic rings. The number of thiazole rings is 1. The highest BCUT2D eigenvalue weighted by atomic mass is 32.2. The highest BCUT2D eigenvalue weighted by Crippen LogP contribution is 2.28. The molecule has 0 unspecified atom stereocenters. The monoisotopic (exact) mass is 308 g/mol. The number of anilines is 2. The molecule has 0 bridgehead atoms. The fourth-order valence-corrected chi connectivity index (χ4v) is 3.05. The number of hydrogen-bond acceptors (Lipinski definition) is 7. The van der Waals surface area contributed by atoms with Crippen LogP contribution < -0.4 is 11.1 Å². The lowest BCUT2D eigenvalue weighted by atomic mass is 10.2. The van der Waals surface area contributed by atoms with Crippen LogP contribution in [0.5, 0.6) is 0 Å². The standard InChI is InChI=1S/C12H12N4O2S2/c1-6-7(2)18-11(8(6)3-13)16-9(17)5-19-10-4-15-12(14)20-10/h4H,5H2,1-2H3,(H2,14,15)(H,16,17). The molecule has 0 radical (unpaired) electrons. The molecule has 8 heteroatoms. The van der Waals surface area contributed by atoms with Gasteiger partial charge in [-0.15, -0.1) is 11.8 Å². The van der Waals surface area contributed by atoms with Crippen molar-refractivity contribution in [1.29, 1.82) is 5.26 Å². The van der Waals surface area contributed by atoms with Crippen LogP contribution in [-0.4, -0.2) is 16.6 Å². The number of carbonyl (C=O) groups excluding carboxylic acids is 1. The van der Waals surface area contributed by atoms with Crippen molar-refractivity contribution >= 4 is 40.0 Å². The van der Waals surface area contributed by atoms with Gasteiger partial charge < -0.3 is 10.2 Å². The number of furan rings is 1. The molecule has 0 spiro atoms. The minimum atomic E-state index is -0.243. The number of hydrogen-bond donors (Lipinski definition) is 2. The van der Waals surface area contributed by atoms with E-state index in [0.29, 0.717) is 16.5 Å². The second-order valence-corrected chi connectivity index (χ2v) is 6.29. The number of aromatic nitrogens is 1. The molecule has 0 saturated heterocycles. The lowest BCUT2D eigenvalue weighted by Crippen LogP contribution is -2.14. The highest BCUT2D eigenvalue weighted by molar-refractivity contribution is 8.01. The van der Waals surface area contributed by atoms with Crippen LogP contribution in [-0.2, 0) is 4.79 Å². The molecule has 3 N–H and O–H groups in total. The molecule has 104 valence electrons. The summed E-state index contributed by atoms with van der Waals surface area (Å²) < 4.78 is 6.24. The van der Waals surface area contributed by atoms with Gasteiger partial charge in [-0.3, -0.25) is 10.1 Å². The van der Waals surface area contributed by atoms with Crippen LogP contribution in [0.2, 0.25) is 0 Å². The van der Waals surface area contributed by atoms with Crippen LogP contribution >= 0.6 is 23.1 Å². The summed E-state index contributed by atoms with van der Waals surface area (Å²) in [5.74, 6) is 0.787. The van der Waals surface area contributed by atoms with Gasteiger partial charge >= 0.3 is 0 Å². The third-order valence-electron chi connectivity index (χ3n) is 2.60. The number of thioether (sulfide) groups is 1. The number of nitrogens with two attached hydrogens (primary N) is 1. The minimum absolute atomic E-state index is 0.200. The molecule has 2 rings (SSSR count). The van der Waals surface area contributed by atoms with Gasteiger partial charge in [0, 0.05) is 5.56 Å². The molecule has 0 aliphatic rings. The molecule has 1 amide bonds. The van der Waals surface area contributed by atoms with Crippen molar-refractivity contribution in [1.82, 2.24) is 4.98 Å². The minimum Gasteiger partial charge on any atom is -0.444 e. The Hall–Kier alpha value is -1.98. The predicted octanol–water partition coefficient (Wildman–Crippen LogP) is 2.54. The molecule has 6 nitrogen and oxygen atoms in total. The third-order valence-corrected chi connectivity index (χ3v) is 4.62. The number of aryl methyl sites for hydroxylation is 1. The van der Waals surface area contributed by atoms with Crippen molar-refractivity contribution in [2.45, 2.75) is 18.1 Å². The van der Waals surface area contributed by atoms with Gasteiger partial charge in [-0.1, -0.05) is 11.3 Å². The number of amides is 1. The number of nitriles is 1. The van der Waals surface area contributed by atoms with E-state index in [1.165, 1.54) is 23.1 Å². The van der Waals surface area contributed by atoms with E-state index in [1.54, 1.807) is 20.0 Å². The van der Waals surface area contributed by atoms with E-state index in [0.717, 1.165) is 9.77 Å². The van der Waals surface area contributed by atoms with E-state index in [1.807, 2.05) is 6.07 Å². The molecule has 2 heterocycles.